The van der Waals surface area contributed by atoms with Gasteiger partial charge in [0.05, 0.1) is 18.9 Å². The number of urea groups is 1. The fourth-order valence-electron chi connectivity index (χ4n) is 2.31. The van der Waals surface area contributed by atoms with Crippen molar-refractivity contribution in [3.8, 4) is 11.4 Å². The van der Waals surface area contributed by atoms with Crippen molar-refractivity contribution in [3.63, 3.8) is 0 Å². The zero-order chi connectivity index (χ0) is 18.5. The predicted octanol–water partition coefficient (Wildman–Crippen LogP) is 3.05. The van der Waals surface area contributed by atoms with Gasteiger partial charge in [0.1, 0.15) is 5.82 Å². The van der Waals surface area contributed by atoms with Crippen molar-refractivity contribution >= 4 is 11.7 Å². The van der Waals surface area contributed by atoms with Gasteiger partial charge in [-0.3, -0.25) is 0 Å². The molecule has 1 aromatic carbocycles. The molecule has 3 rings (SSSR count). The topological polar surface area (TPSA) is 83.9 Å². The van der Waals surface area contributed by atoms with Gasteiger partial charge in [0, 0.05) is 30.7 Å². The highest BCUT2D eigenvalue weighted by Crippen LogP contribution is 2.23. The Kier molecular flexibility index (Phi) is 5.12. The van der Waals surface area contributed by atoms with Crippen LogP contribution in [-0.4, -0.2) is 37.9 Å². The molecule has 0 aliphatic rings. The molecular weight excluding hydrogens is 335 g/mol. The molecule has 0 aliphatic carbocycles. The van der Waals surface area contributed by atoms with Gasteiger partial charge in [-0.1, -0.05) is 6.07 Å². The molecule has 0 bridgehead atoms. The predicted molar refractivity (Wildman–Crippen MR) is 94.7 cm³/mol. The third kappa shape index (κ3) is 4.15. The van der Waals surface area contributed by atoms with Crippen LogP contribution in [0.5, 0.6) is 0 Å². The van der Waals surface area contributed by atoms with E-state index in [1.807, 2.05) is 13.0 Å². The molecule has 0 aliphatic heterocycles. The van der Waals surface area contributed by atoms with Gasteiger partial charge < -0.3 is 10.2 Å². The lowest BCUT2D eigenvalue weighted by Crippen LogP contribution is -2.31. The molecule has 2 aromatic heterocycles. The second-order valence-corrected chi connectivity index (χ2v) is 5.71. The monoisotopic (exact) mass is 352 g/mol. The molecule has 0 radical (unpaired) electrons. The number of hydrogen-bond acceptors (Lipinski definition) is 5. The van der Waals surface area contributed by atoms with Crippen LogP contribution >= 0.6 is 0 Å². The van der Waals surface area contributed by atoms with Crippen molar-refractivity contribution in [2.75, 3.05) is 12.4 Å². The van der Waals surface area contributed by atoms with E-state index in [0.717, 1.165) is 23.5 Å². The van der Waals surface area contributed by atoms with Crippen LogP contribution in [-0.2, 0) is 6.54 Å². The van der Waals surface area contributed by atoms with Crippen molar-refractivity contribution in [2.45, 2.75) is 13.5 Å². The Hall–Kier alpha value is -3.42. The number of aromatic nitrogens is 4. The minimum atomic E-state index is -0.499. The first kappa shape index (κ1) is 17.4. The summed E-state index contributed by atoms with van der Waals surface area (Å²) in [5.74, 6) is 0.445. The van der Waals surface area contributed by atoms with Crippen molar-refractivity contribution in [1.29, 1.82) is 0 Å². The summed E-state index contributed by atoms with van der Waals surface area (Å²) in [7, 11) is 1.66. The van der Waals surface area contributed by atoms with Gasteiger partial charge in [-0.15, -0.1) is 0 Å². The normalized spacial score (nSPS) is 10.4. The Morgan fingerprint density at radius 2 is 1.85 bits per heavy atom. The number of amides is 2. The van der Waals surface area contributed by atoms with Crippen LogP contribution in [0.2, 0.25) is 0 Å². The average molecular weight is 352 g/mol. The summed E-state index contributed by atoms with van der Waals surface area (Å²) >= 11 is 0. The van der Waals surface area contributed by atoms with E-state index in [1.165, 1.54) is 4.90 Å². The maximum atomic E-state index is 13.0. The standard InChI is InChI=1S/C18H17FN6O/c1-12-4-5-14(8-15(12)17-22-9-13(19)10-23-17)24-18(26)25(2)11-16-20-6-3-7-21-16/h3-10H,11H2,1-2H3,(H,24,26). The van der Waals surface area contributed by atoms with Crippen molar-refractivity contribution < 1.29 is 9.18 Å². The van der Waals surface area contributed by atoms with E-state index >= 15 is 0 Å². The quantitative estimate of drug-likeness (QED) is 0.780. The second-order valence-electron chi connectivity index (χ2n) is 5.71. The lowest BCUT2D eigenvalue weighted by atomic mass is 10.1. The zero-order valence-electron chi connectivity index (χ0n) is 14.3. The summed E-state index contributed by atoms with van der Waals surface area (Å²) in [5, 5.41) is 2.81. The number of benzene rings is 1. The van der Waals surface area contributed by atoms with Gasteiger partial charge >= 0.3 is 6.03 Å². The Morgan fingerprint density at radius 3 is 2.54 bits per heavy atom. The number of carbonyl (C=O) groups excluding carboxylic acids is 1. The summed E-state index contributed by atoms with van der Waals surface area (Å²) in [6.07, 6.45) is 5.48. The molecule has 0 saturated carbocycles. The molecular formula is C18H17FN6O. The highest BCUT2D eigenvalue weighted by atomic mass is 19.1. The van der Waals surface area contributed by atoms with E-state index in [0.29, 0.717) is 17.3 Å². The number of nitrogens with zero attached hydrogens (tertiary/aromatic N) is 5. The minimum Gasteiger partial charge on any atom is -0.320 e. The highest BCUT2D eigenvalue weighted by Gasteiger charge is 2.12. The van der Waals surface area contributed by atoms with Crippen molar-refractivity contribution in [1.82, 2.24) is 24.8 Å². The molecule has 0 unspecified atom stereocenters. The maximum Gasteiger partial charge on any atom is 0.321 e. The minimum absolute atomic E-state index is 0.284. The Bertz CT molecular complexity index is 901. The number of hydrogen-bond donors (Lipinski definition) is 1. The first-order chi connectivity index (χ1) is 12.5. The van der Waals surface area contributed by atoms with Gasteiger partial charge in [0.25, 0.3) is 0 Å². The smallest absolute Gasteiger partial charge is 0.320 e. The Labute approximate surface area is 150 Å². The fraction of sp³-hybridized carbons (Fsp3) is 0.167. The number of anilines is 1. The molecule has 0 saturated heterocycles. The first-order valence-electron chi connectivity index (χ1n) is 7.89. The molecule has 132 valence electrons. The third-order valence-electron chi connectivity index (χ3n) is 3.69. The molecule has 0 fully saturated rings. The van der Waals surface area contributed by atoms with Crippen LogP contribution in [0.4, 0.5) is 14.9 Å². The van der Waals surface area contributed by atoms with Crippen LogP contribution in [0.3, 0.4) is 0 Å². The first-order valence-corrected chi connectivity index (χ1v) is 7.89. The summed E-state index contributed by atoms with van der Waals surface area (Å²) in [5.41, 5.74) is 2.22. The molecule has 26 heavy (non-hydrogen) atoms. The second kappa shape index (κ2) is 7.64. The molecule has 3 aromatic rings. The molecule has 2 heterocycles. The molecule has 2 amide bonds. The van der Waals surface area contributed by atoms with Crippen LogP contribution in [0.15, 0.2) is 49.1 Å². The fourth-order valence-corrected chi connectivity index (χ4v) is 2.31. The van der Waals surface area contributed by atoms with Crippen LogP contribution in [0.1, 0.15) is 11.4 Å². The van der Waals surface area contributed by atoms with Crippen LogP contribution in [0.25, 0.3) is 11.4 Å². The summed E-state index contributed by atoms with van der Waals surface area (Å²) in [6, 6.07) is 6.81. The molecule has 7 nitrogen and oxygen atoms in total. The Balaban J connectivity index is 1.74. The number of nitrogens with one attached hydrogen (secondary N) is 1. The third-order valence-corrected chi connectivity index (χ3v) is 3.69. The molecule has 0 atom stereocenters. The highest BCUT2D eigenvalue weighted by molar-refractivity contribution is 5.90. The van der Waals surface area contributed by atoms with E-state index < -0.39 is 5.82 Å². The van der Waals surface area contributed by atoms with Crippen LogP contribution in [0, 0.1) is 12.7 Å². The van der Waals surface area contributed by atoms with E-state index in [9.17, 15) is 9.18 Å². The van der Waals surface area contributed by atoms with Gasteiger partial charge in [-0.2, -0.15) is 0 Å². The van der Waals surface area contributed by atoms with E-state index in [4.69, 9.17) is 0 Å². The molecule has 8 heteroatoms. The van der Waals surface area contributed by atoms with Crippen molar-refractivity contribution in [3.05, 3.63) is 66.3 Å². The average Bonchev–Trinajstić information content (AvgIpc) is 2.65. The number of carbonyl (C=O) groups is 1. The summed E-state index contributed by atoms with van der Waals surface area (Å²) < 4.78 is 13.0. The summed E-state index contributed by atoms with van der Waals surface area (Å²) in [6.45, 7) is 2.18. The maximum absolute atomic E-state index is 13.0. The Morgan fingerprint density at radius 1 is 1.15 bits per heavy atom. The molecule has 0 spiro atoms. The van der Waals surface area contributed by atoms with Crippen LogP contribution < -0.4 is 5.32 Å². The largest absolute Gasteiger partial charge is 0.321 e. The lowest BCUT2D eigenvalue weighted by Gasteiger charge is -2.17. The number of rotatable bonds is 4. The number of aryl methyl sites for hydroxylation is 1. The van der Waals surface area contributed by atoms with Crippen molar-refractivity contribution in [2.24, 2.45) is 0 Å². The SMILES string of the molecule is Cc1ccc(NC(=O)N(C)Cc2ncccn2)cc1-c1ncc(F)cn1. The van der Waals surface area contributed by atoms with Gasteiger partial charge in [0.15, 0.2) is 11.6 Å². The summed E-state index contributed by atoms with van der Waals surface area (Å²) in [4.78, 5) is 30.0. The molecule has 1 N–H and O–H groups in total. The lowest BCUT2D eigenvalue weighted by molar-refractivity contribution is 0.219. The zero-order valence-corrected chi connectivity index (χ0v) is 14.3. The van der Waals surface area contributed by atoms with Gasteiger partial charge in [-0.05, 0) is 30.7 Å². The van der Waals surface area contributed by atoms with Gasteiger partial charge in [0.2, 0.25) is 0 Å². The van der Waals surface area contributed by atoms with E-state index in [-0.39, 0.29) is 12.6 Å². The number of halogens is 1. The van der Waals surface area contributed by atoms with E-state index in [2.05, 4.69) is 25.3 Å². The van der Waals surface area contributed by atoms with E-state index in [1.54, 1.807) is 37.6 Å². The van der Waals surface area contributed by atoms with Gasteiger partial charge in [-0.25, -0.2) is 29.1 Å².